The molecule has 0 aliphatic heterocycles. The van der Waals surface area contributed by atoms with Crippen LogP contribution in [0.15, 0.2) is 66.7 Å². The average molecular weight is 525 g/mol. The number of aromatic amines is 1. The zero-order valence-corrected chi connectivity index (χ0v) is 21.9. The first-order valence-electron chi connectivity index (χ1n) is 12.7. The number of tetrazole rings is 1. The number of aryl methyl sites for hydroxylation is 1. The highest BCUT2D eigenvalue weighted by molar-refractivity contribution is 5.82. The Hall–Kier alpha value is -4.86. The summed E-state index contributed by atoms with van der Waals surface area (Å²) in [5.41, 5.74) is 6.06. The van der Waals surface area contributed by atoms with E-state index in [9.17, 15) is 4.79 Å². The van der Waals surface area contributed by atoms with Gasteiger partial charge in [0.1, 0.15) is 17.9 Å². The fourth-order valence-corrected chi connectivity index (χ4v) is 4.11. The largest absolute Gasteiger partial charge is 0.486 e. The molecule has 10 nitrogen and oxygen atoms in total. The molecule has 198 valence electrons. The van der Waals surface area contributed by atoms with Gasteiger partial charge in [0, 0.05) is 23.4 Å². The van der Waals surface area contributed by atoms with E-state index in [0.717, 1.165) is 34.4 Å². The summed E-state index contributed by atoms with van der Waals surface area (Å²) >= 11 is 0. The third-order valence-corrected chi connectivity index (χ3v) is 6.09. The van der Waals surface area contributed by atoms with E-state index in [1.165, 1.54) is 0 Å². The van der Waals surface area contributed by atoms with Crippen LogP contribution in [0.1, 0.15) is 32.0 Å². The first-order chi connectivity index (χ1) is 19.1. The van der Waals surface area contributed by atoms with Crippen molar-refractivity contribution in [3.05, 3.63) is 78.0 Å². The van der Waals surface area contributed by atoms with Crippen LogP contribution in [-0.4, -0.2) is 49.3 Å². The molecule has 5 aromatic rings. The molecule has 0 aliphatic carbocycles. The van der Waals surface area contributed by atoms with E-state index in [1.807, 2.05) is 67.6 Å². The van der Waals surface area contributed by atoms with Crippen molar-refractivity contribution in [2.24, 2.45) is 0 Å². The number of nitrogens with one attached hydrogen (secondary N) is 1. The SMILES string of the molecule is CCOC(=O)C(C)Oc1ccc2nc(CC)cc(OCc3ccc(-c4ccccc4-c4nn[nH]n4)cc3)c2n1. The number of ether oxygens (including phenoxy) is 3. The summed E-state index contributed by atoms with van der Waals surface area (Å²) in [7, 11) is 0. The van der Waals surface area contributed by atoms with Crippen molar-refractivity contribution in [3.63, 3.8) is 0 Å². The van der Waals surface area contributed by atoms with Crippen molar-refractivity contribution < 1.29 is 19.0 Å². The Morgan fingerprint density at radius 2 is 1.77 bits per heavy atom. The third-order valence-electron chi connectivity index (χ3n) is 6.09. The minimum atomic E-state index is -0.786. The van der Waals surface area contributed by atoms with Gasteiger partial charge in [0.05, 0.1) is 12.1 Å². The molecule has 0 aliphatic rings. The molecular weight excluding hydrogens is 496 g/mol. The molecule has 39 heavy (non-hydrogen) atoms. The van der Waals surface area contributed by atoms with Gasteiger partial charge in [0.15, 0.2) is 6.10 Å². The number of rotatable bonds is 10. The third kappa shape index (κ3) is 5.85. The van der Waals surface area contributed by atoms with Crippen LogP contribution in [0.5, 0.6) is 11.6 Å². The molecule has 1 unspecified atom stereocenters. The Kier molecular flexibility index (Phi) is 7.72. The van der Waals surface area contributed by atoms with Crippen molar-refractivity contribution in [1.82, 2.24) is 30.6 Å². The predicted octanol–water partition coefficient (Wildman–Crippen LogP) is 4.95. The van der Waals surface area contributed by atoms with Crippen molar-refractivity contribution >= 4 is 17.0 Å². The van der Waals surface area contributed by atoms with Gasteiger partial charge in [-0.2, -0.15) is 5.21 Å². The number of esters is 1. The highest BCUT2D eigenvalue weighted by atomic mass is 16.6. The number of hydrogen-bond acceptors (Lipinski definition) is 9. The first kappa shape index (κ1) is 25.8. The lowest BCUT2D eigenvalue weighted by atomic mass is 9.98. The lowest BCUT2D eigenvalue weighted by molar-refractivity contribution is -0.150. The van der Waals surface area contributed by atoms with Crippen molar-refractivity contribution in [3.8, 4) is 34.1 Å². The molecule has 1 N–H and O–H groups in total. The quantitative estimate of drug-likeness (QED) is 0.253. The Bertz CT molecular complexity index is 1570. The summed E-state index contributed by atoms with van der Waals surface area (Å²) in [5, 5.41) is 14.4. The summed E-state index contributed by atoms with van der Waals surface area (Å²) in [6, 6.07) is 21.5. The maximum absolute atomic E-state index is 12.0. The van der Waals surface area contributed by atoms with E-state index in [1.54, 1.807) is 19.9 Å². The lowest BCUT2D eigenvalue weighted by Crippen LogP contribution is -2.26. The number of hydrogen-bond donors (Lipinski definition) is 1. The molecule has 0 saturated heterocycles. The number of nitrogens with zero attached hydrogens (tertiary/aromatic N) is 5. The second-order valence-electron chi connectivity index (χ2n) is 8.76. The summed E-state index contributed by atoms with van der Waals surface area (Å²) in [5.74, 6) is 0.988. The van der Waals surface area contributed by atoms with Gasteiger partial charge in [-0.05, 0) is 48.2 Å². The Labute approximate surface area is 225 Å². The number of carbonyl (C=O) groups is 1. The van der Waals surface area contributed by atoms with Gasteiger partial charge in [0.25, 0.3) is 0 Å². The number of carbonyl (C=O) groups excluding carboxylic acids is 1. The fraction of sp³-hybridized carbons (Fsp3) is 0.241. The Morgan fingerprint density at radius 1 is 0.974 bits per heavy atom. The van der Waals surface area contributed by atoms with Crippen LogP contribution in [0.4, 0.5) is 0 Å². The maximum atomic E-state index is 12.0. The maximum Gasteiger partial charge on any atom is 0.347 e. The van der Waals surface area contributed by atoms with Crippen LogP contribution in [0.3, 0.4) is 0 Å². The van der Waals surface area contributed by atoms with Crippen LogP contribution >= 0.6 is 0 Å². The molecule has 0 spiro atoms. The van der Waals surface area contributed by atoms with E-state index in [-0.39, 0.29) is 6.61 Å². The molecule has 3 heterocycles. The normalized spacial score (nSPS) is 11.8. The van der Waals surface area contributed by atoms with Gasteiger partial charge in [-0.3, -0.25) is 4.98 Å². The number of pyridine rings is 2. The zero-order valence-electron chi connectivity index (χ0n) is 21.9. The van der Waals surface area contributed by atoms with Gasteiger partial charge in [-0.25, -0.2) is 9.78 Å². The molecule has 0 radical (unpaired) electrons. The monoisotopic (exact) mass is 524 g/mol. The number of aromatic nitrogens is 6. The number of fused-ring (bicyclic) bond motifs is 1. The minimum absolute atomic E-state index is 0.283. The van der Waals surface area contributed by atoms with Gasteiger partial charge >= 0.3 is 5.97 Å². The van der Waals surface area contributed by atoms with Crippen LogP contribution in [0, 0.1) is 0 Å². The molecule has 0 amide bonds. The molecule has 10 heteroatoms. The minimum Gasteiger partial charge on any atom is -0.486 e. The fourth-order valence-electron chi connectivity index (χ4n) is 4.11. The average Bonchev–Trinajstić information content (AvgIpc) is 3.51. The highest BCUT2D eigenvalue weighted by Crippen LogP contribution is 2.31. The van der Waals surface area contributed by atoms with Crippen molar-refractivity contribution in [2.75, 3.05) is 6.61 Å². The second-order valence-corrected chi connectivity index (χ2v) is 8.76. The van der Waals surface area contributed by atoms with Gasteiger partial charge in [-0.15, -0.1) is 10.2 Å². The van der Waals surface area contributed by atoms with E-state index < -0.39 is 12.1 Å². The van der Waals surface area contributed by atoms with Crippen LogP contribution in [0.25, 0.3) is 33.5 Å². The zero-order chi connectivity index (χ0) is 27.2. The van der Waals surface area contributed by atoms with Gasteiger partial charge in [0.2, 0.25) is 11.7 Å². The van der Waals surface area contributed by atoms with Crippen molar-refractivity contribution in [1.29, 1.82) is 0 Å². The summed E-state index contributed by atoms with van der Waals surface area (Å²) < 4.78 is 17.0. The summed E-state index contributed by atoms with van der Waals surface area (Å²) in [6.07, 6.45) is -0.0373. The van der Waals surface area contributed by atoms with Gasteiger partial charge < -0.3 is 14.2 Å². The van der Waals surface area contributed by atoms with E-state index in [0.29, 0.717) is 35.1 Å². The topological polar surface area (TPSA) is 125 Å². The van der Waals surface area contributed by atoms with Crippen LogP contribution in [0.2, 0.25) is 0 Å². The van der Waals surface area contributed by atoms with Crippen LogP contribution < -0.4 is 9.47 Å². The molecule has 0 bridgehead atoms. The molecule has 1 atom stereocenters. The number of benzene rings is 2. The highest BCUT2D eigenvalue weighted by Gasteiger charge is 2.18. The molecular formula is C29H28N6O4. The summed E-state index contributed by atoms with van der Waals surface area (Å²) in [6.45, 7) is 6.04. The standard InChI is InChI=1S/C29H28N6O4/c1-4-21-16-25(27-24(30-21)14-15-26(31-27)39-18(3)29(36)37-5-2)38-17-19-10-12-20(13-11-19)22-8-6-7-9-23(22)28-32-34-35-33-28/h6-16,18H,4-5,17H2,1-3H3,(H,32,33,34,35). The van der Waals surface area contributed by atoms with Crippen molar-refractivity contribution in [2.45, 2.75) is 39.9 Å². The Balaban J connectivity index is 1.36. The van der Waals surface area contributed by atoms with E-state index in [4.69, 9.17) is 14.2 Å². The molecule has 2 aromatic carbocycles. The first-order valence-corrected chi connectivity index (χ1v) is 12.7. The second kappa shape index (κ2) is 11.7. The molecule has 0 fully saturated rings. The van der Waals surface area contributed by atoms with E-state index in [2.05, 4.69) is 30.6 Å². The smallest absolute Gasteiger partial charge is 0.347 e. The van der Waals surface area contributed by atoms with Crippen LogP contribution in [-0.2, 0) is 22.6 Å². The predicted molar refractivity (Wildman–Crippen MR) is 145 cm³/mol. The molecule has 3 aromatic heterocycles. The van der Waals surface area contributed by atoms with Gasteiger partial charge in [-0.1, -0.05) is 55.5 Å². The molecule has 0 saturated carbocycles. The Morgan fingerprint density at radius 3 is 2.49 bits per heavy atom. The lowest BCUT2D eigenvalue weighted by Gasteiger charge is -2.15. The molecule has 5 rings (SSSR count). The summed E-state index contributed by atoms with van der Waals surface area (Å²) in [4.78, 5) is 21.2. The van der Waals surface area contributed by atoms with E-state index >= 15 is 0 Å². The number of H-pyrrole nitrogens is 1.